The van der Waals surface area contributed by atoms with Crippen molar-refractivity contribution in [2.45, 2.75) is 32.9 Å². The van der Waals surface area contributed by atoms with Crippen LogP contribution in [0.5, 0.6) is 0 Å². The molecule has 23 heavy (non-hydrogen) atoms. The van der Waals surface area contributed by atoms with Gasteiger partial charge in [-0.1, -0.05) is 13.8 Å². The van der Waals surface area contributed by atoms with Gasteiger partial charge in [-0.25, -0.2) is 0 Å². The van der Waals surface area contributed by atoms with Gasteiger partial charge in [-0.15, -0.1) is 0 Å². The molecule has 2 aliphatic heterocycles. The van der Waals surface area contributed by atoms with Crippen LogP contribution in [0.3, 0.4) is 0 Å². The van der Waals surface area contributed by atoms with E-state index in [1.54, 1.807) is 0 Å². The Morgan fingerprint density at radius 3 is 2.91 bits per heavy atom. The maximum absolute atomic E-state index is 12.5. The summed E-state index contributed by atoms with van der Waals surface area (Å²) in [6.45, 7) is 10.1. The lowest BCUT2D eigenvalue weighted by molar-refractivity contribution is 0.00671. The number of H-pyrrole nitrogens is 1. The number of nitrogens with zero attached hydrogens (tertiary/aromatic N) is 2. The van der Waals surface area contributed by atoms with Crippen LogP contribution < -0.4 is 10.6 Å². The lowest BCUT2D eigenvalue weighted by atomic mass is 10.0. The number of fused-ring (bicyclic) bond motifs is 1. The predicted octanol–water partition coefficient (Wildman–Crippen LogP) is 0.142. The van der Waals surface area contributed by atoms with Crippen molar-refractivity contribution in [3.8, 4) is 0 Å². The maximum Gasteiger partial charge on any atom is 0.272 e. The Bertz CT molecular complexity index is 537. The largest absolute Gasteiger partial charge is 0.379 e. The number of carbonyl (C=O) groups is 1. The second kappa shape index (κ2) is 7.42. The normalized spacial score (nSPS) is 20.3. The van der Waals surface area contributed by atoms with E-state index in [-0.39, 0.29) is 5.91 Å². The Balaban J connectivity index is 1.61. The van der Waals surface area contributed by atoms with Gasteiger partial charge in [-0.3, -0.25) is 14.8 Å². The fourth-order valence-corrected chi connectivity index (χ4v) is 3.39. The van der Waals surface area contributed by atoms with Crippen molar-refractivity contribution < 1.29 is 9.53 Å². The summed E-state index contributed by atoms with van der Waals surface area (Å²) in [7, 11) is 0. The highest BCUT2D eigenvalue weighted by Crippen LogP contribution is 2.16. The third-order valence-corrected chi connectivity index (χ3v) is 4.78. The van der Waals surface area contributed by atoms with Crippen LogP contribution in [-0.2, 0) is 17.7 Å². The molecule has 3 rings (SSSR count). The second-order valence-electron chi connectivity index (χ2n) is 6.63. The highest BCUT2D eigenvalue weighted by molar-refractivity contribution is 5.94. The Labute approximate surface area is 137 Å². The summed E-state index contributed by atoms with van der Waals surface area (Å²) < 4.78 is 5.43. The summed E-state index contributed by atoms with van der Waals surface area (Å²) in [5.41, 5.74) is 2.64. The summed E-state index contributed by atoms with van der Waals surface area (Å²) >= 11 is 0. The van der Waals surface area contributed by atoms with Gasteiger partial charge in [-0.05, 0) is 5.92 Å². The van der Waals surface area contributed by atoms with Gasteiger partial charge in [0.25, 0.3) is 5.91 Å². The lowest BCUT2D eigenvalue weighted by Gasteiger charge is -2.36. The molecular weight excluding hydrogens is 294 g/mol. The number of ether oxygens (including phenoxy) is 1. The van der Waals surface area contributed by atoms with E-state index in [0.717, 1.165) is 50.5 Å². The molecule has 0 spiro atoms. The number of nitrogens with one attached hydrogen (secondary N) is 3. The van der Waals surface area contributed by atoms with Crippen LogP contribution in [0.1, 0.15) is 35.6 Å². The first-order chi connectivity index (χ1) is 11.2. The van der Waals surface area contributed by atoms with Gasteiger partial charge in [0.1, 0.15) is 0 Å². The van der Waals surface area contributed by atoms with Crippen molar-refractivity contribution in [1.82, 2.24) is 25.7 Å². The molecule has 1 atom stereocenters. The van der Waals surface area contributed by atoms with Crippen molar-refractivity contribution in [3.63, 3.8) is 0 Å². The Kier molecular flexibility index (Phi) is 5.30. The molecule has 0 bridgehead atoms. The van der Waals surface area contributed by atoms with Gasteiger partial charge < -0.3 is 15.4 Å². The summed E-state index contributed by atoms with van der Waals surface area (Å²) in [5.74, 6) is 0.397. The zero-order chi connectivity index (χ0) is 16.2. The molecule has 1 aromatic rings. The van der Waals surface area contributed by atoms with E-state index in [1.807, 2.05) is 0 Å². The van der Waals surface area contributed by atoms with Gasteiger partial charge in [0, 0.05) is 56.4 Å². The van der Waals surface area contributed by atoms with Crippen molar-refractivity contribution in [2.24, 2.45) is 5.92 Å². The minimum atomic E-state index is -0.0786. The van der Waals surface area contributed by atoms with E-state index >= 15 is 0 Å². The van der Waals surface area contributed by atoms with E-state index in [2.05, 4.69) is 39.6 Å². The van der Waals surface area contributed by atoms with Crippen LogP contribution in [0, 0.1) is 5.92 Å². The minimum absolute atomic E-state index is 0.0786. The molecular formula is C16H27N5O2. The van der Waals surface area contributed by atoms with Crippen LogP contribution in [0.4, 0.5) is 0 Å². The first kappa shape index (κ1) is 16.4. The van der Waals surface area contributed by atoms with Gasteiger partial charge in [0.05, 0.1) is 13.2 Å². The average molecular weight is 321 g/mol. The third-order valence-electron chi connectivity index (χ3n) is 4.78. The molecule has 1 fully saturated rings. The Morgan fingerprint density at radius 2 is 2.17 bits per heavy atom. The van der Waals surface area contributed by atoms with Crippen molar-refractivity contribution in [1.29, 1.82) is 0 Å². The highest BCUT2D eigenvalue weighted by atomic mass is 16.5. The van der Waals surface area contributed by atoms with Crippen LogP contribution in [0.25, 0.3) is 0 Å². The molecule has 0 saturated carbocycles. The first-order valence-electron chi connectivity index (χ1n) is 8.53. The smallest absolute Gasteiger partial charge is 0.272 e. The van der Waals surface area contributed by atoms with Gasteiger partial charge in [0.2, 0.25) is 0 Å². The molecule has 1 aromatic heterocycles. The first-order valence-corrected chi connectivity index (χ1v) is 8.53. The number of rotatable bonds is 5. The molecule has 0 aromatic carbocycles. The SMILES string of the molecule is CC(C)C(CNC(=O)c1n[nH]c2c1CNCC2)N1CCOCC1. The van der Waals surface area contributed by atoms with Crippen LogP contribution in [-0.4, -0.2) is 66.4 Å². The molecule has 1 saturated heterocycles. The Morgan fingerprint density at radius 1 is 1.39 bits per heavy atom. The van der Waals surface area contributed by atoms with E-state index in [9.17, 15) is 4.79 Å². The van der Waals surface area contributed by atoms with Crippen molar-refractivity contribution >= 4 is 5.91 Å². The summed E-state index contributed by atoms with van der Waals surface area (Å²) in [6, 6.07) is 0.329. The molecule has 2 aliphatic rings. The Hall–Kier alpha value is -1.44. The lowest BCUT2D eigenvalue weighted by Crippen LogP contribution is -2.51. The monoisotopic (exact) mass is 321 g/mol. The second-order valence-corrected chi connectivity index (χ2v) is 6.63. The van der Waals surface area contributed by atoms with Crippen molar-refractivity contribution in [2.75, 3.05) is 39.4 Å². The van der Waals surface area contributed by atoms with Crippen LogP contribution in [0.2, 0.25) is 0 Å². The summed E-state index contributed by atoms with van der Waals surface area (Å²) in [4.78, 5) is 14.9. The van der Waals surface area contributed by atoms with E-state index in [1.165, 1.54) is 0 Å². The van der Waals surface area contributed by atoms with Crippen LogP contribution >= 0.6 is 0 Å². The highest BCUT2D eigenvalue weighted by Gasteiger charge is 2.26. The number of aromatic amines is 1. The number of morpholine rings is 1. The summed E-state index contributed by atoms with van der Waals surface area (Å²) in [6.07, 6.45) is 0.901. The van der Waals surface area contributed by atoms with Crippen molar-refractivity contribution in [3.05, 3.63) is 17.0 Å². The molecule has 3 N–H and O–H groups in total. The molecule has 7 nitrogen and oxygen atoms in total. The topological polar surface area (TPSA) is 82.3 Å². The average Bonchev–Trinajstić information content (AvgIpc) is 2.99. The fraction of sp³-hybridized carbons (Fsp3) is 0.750. The zero-order valence-electron chi connectivity index (χ0n) is 14.0. The number of carbonyl (C=O) groups excluding carboxylic acids is 1. The molecule has 0 radical (unpaired) electrons. The van der Waals surface area contributed by atoms with Crippen LogP contribution in [0.15, 0.2) is 0 Å². The molecule has 128 valence electrons. The predicted molar refractivity (Wildman–Crippen MR) is 87.3 cm³/mol. The number of hydrogen-bond acceptors (Lipinski definition) is 5. The number of aromatic nitrogens is 2. The fourth-order valence-electron chi connectivity index (χ4n) is 3.39. The molecule has 1 amide bonds. The number of amides is 1. The standard InChI is InChI=1S/C16H27N5O2/c1-11(2)14(21-5-7-23-8-6-21)10-18-16(22)15-12-9-17-4-3-13(12)19-20-15/h11,14,17H,3-10H2,1-2H3,(H,18,22)(H,19,20). The minimum Gasteiger partial charge on any atom is -0.379 e. The van der Waals surface area contributed by atoms with E-state index < -0.39 is 0 Å². The molecule has 1 unspecified atom stereocenters. The van der Waals surface area contributed by atoms with Gasteiger partial charge in [-0.2, -0.15) is 5.10 Å². The number of hydrogen-bond donors (Lipinski definition) is 3. The van der Waals surface area contributed by atoms with Gasteiger partial charge >= 0.3 is 0 Å². The van der Waals surface area contributed by atoms with Gasteiger partial charge in [0.15, 0.2) is 5.69 Å². The van der Waals surface area contributed by atoms with E-state index in [4.69, 9.17) is 4.74 Å². The summed E-state index contributed by atoms with van der Waals surface area (Å²) in [5, 5.41) is 13.6. The maximum atomic E-state index is 12.5. The zero-order valence-corrected chi connectivity index (χ0v) is 14.0. The van der Waals surface area contributed by atoms with E-state index in [0.29, 0.717) is 30.7 Å². The quantitative estimate of drug-likeness (QED) is 0.719. The molecule has 7 heteroatoms. The molecule has 0 aliphatic carbocycles. The molecule has 3 heterocycles. The third kappa shape index (κ3) is 3.73.